The molecular formula is C9H17NO3. The van der Waals surface area contributed by atoms with Crippen LogP contribution in [0.4, 0.5) is 0 Å². The van der Waals surface area contributed by atoms with Crippen molar-refractivity contribution in [3.63, 3.8) is 0 Å². The van der Waals surface area contributed by atoms with Gasteiger partial charge in [-0.15, -0.1) is 0 Å². The molecule has 0 amide bonds. The van der Waals surface area contributed by atoms with Gasteiger partial charge in [-0.05, 0) is 13.8 Å². The lowest BCUT2D eigenvalue weighted by atomic mass is 9.94. The normalized spacial score (nSPS) is 23.2. The molecule has 0 radical (unpaired) electrons. The first-order valence-electron chi connectivity index (χ1n) is 4.55. The lowest BCUT2D eigenvalue weighted by Crippen LogP contribution is -2.36. The van der Waals surface area contributed by atoms with Gasteiger partial charge in [0.25, 0.3) is 0 Å². The van der Waals surface area contributed by atoms with Gasteiger partial charge in [0.1, 0.15) is 6.10 Å². The zero-order valence-corrected chi connectivity index (χ0v) is 8.21. The average Bonchev–Trinajstić information content (AvgIpc) is 2.57. The van der Waals surface area contributed by atoms with E-state index in [0.717, 1.165) is 6.42 Å². The second-order valence-electron chi connectivity index (χ2n) is 3.98. The predicted octanol–water partition coefficient (Wildman–Crippen LogP) is 0.303. The molecule has 0 aromatic heterocycles. The number of carbonyl (C=O) groups excluding carboxylic acids is 1. The summed E-state index contributed by atoms with van der Waals surface area (Å²) in [6.45, 7) is 5.07. The van der Waals surface area contributed by atoms with Crippen molar-refractivity contribution in [2.45, 2.75) is 26.4 Å². The number of esters is 1. The van der Waals surface area contributed by atoms with Gasteiger partial charge in [-0.3, -0.25) is 4.79 Å². The zero-order chi connectivity index (χ0) is 9.90. The summed E-state index contributed by atoms with van der Waals surface area (Å²) in [5, 5.41) is 0. The quantitative estimate of drug-likeness (QED) is 0.646. The van der Waals surface area contributed by atoms with Crippen LogP contribution < -0.4 is 5.73 Å². The first-order valence-corrected chi connectivity index (χ1v) is 4.55. The molecular weight excluding hydrogens is 170 g/mol. The van der Waals surface area contributed by atoms with Crippen LogP contribution in [0.2, 0.25) is 0 Å². The van der Waals surface area contributed by atoms with Gasteiger partial charge in [0, 0.05) is 13.0 Å². The van der Waals surface area contributed by atoms with E-state index < -0.39 is 5.41 Å². The summed E-state index contributed by atoms with van der Waals surface area (Å²) in [6.07, 6.45) is 0.727. The van der Waals surface area contributed by atoms with Gasteiger partial charge in [0.2, 0.25) is 0 Å². The molecule has 13 heavy (non-hydrogen) atoms. The molecule has 1 unspecified atom stereocenters. The lowest BCUT2D eigenvalue weighted by Gasteiger charge is -2.22. The molecule has 1 fully saturated rings. The minimum atomic E-state index is -0.581. The Balaban J connectivity index is 2.39. The summed E-state index contributed by atoms with van der Waals surface area (Å²) >= 11 is 0. The molecule has 0 aliphatic carbocycles. The summed E-state index contributed by atoms with van der Waals surface area (Å²) < 4.78 is 10.3. The van der Waals surface area contributed by atoms with Crippen LogP contribution in [0.15, 0.2) is 0 Å². The van der Waals surface area contributed by atoms with E-state index in [0.29, 0.717) is 19.8 Å². The van der Waals surface area contributed by atoms with Gasteiger partial charge in [0.05, 0.1) is 18.6 Å². The van der Waals surface area contributed by atoms with Gasteiger partial charge in [-0.2, -0.15) is 0 Å². The van der Waals surface area contributed by atoms with Gasteiger partial charge < -0.3 is 15.2 Å². The van der Waals surface area contributed by atoms with Gasteiger partial charge >= 0.3 is 5.97 Å². The maximum absolute atomic E-state index is 11.5. The molecule has 4 nitrogen and oxygen atoms in total. The highest BCUT2D eigenvalue weighted by molar-refractivity contribution is 5.76. The molecule has 1 rings (SSSR count). The minimum Gasteiger partial charge on any atom is -0.459 e. The van der Waals surface area contributed by atoms with Gasteiger partial charge in [0.15, 0.2) is 0 Å². The summed E-state index contributed by atoms with van der Waals surface area (Å²) in [5.74, 6) is -0.231. The smallest absolute Gasteiger partial charge is 0.313 e. The Morgan fingerprint density at radius 1 is 1.69 bits per heavy atom. The molecule has 0 spiro atoms. The Hall–Kier alpha value is -0.610. The van der Waals surface area contributed by atoms with Crippen LogP contribution in [0, 0.1) is 5.41 Å². The van der Waals surface area contributed by atoms with Crippen LogP contribution in [-0.4, -0.2) is 31.8 Å². The van der Waals surface area contributed by atoms with Gasteiger partial charge in [-0.25, -0.2) is 0 Å². The molecule has 0 aromatic rings. The van der Waals surface area contributed by atoms with Crippen molar-refractivity contribution >= 4 is 5.97 Å². The molecule has 76 valence electrons. The third-order valence-electron chi connectivity index (χ3n) is 2.22. The van der Waals surface area contributed by atoms with Crippen molar-refractivity contribution in [3.8, 4) is 0 Å². The molecule has 1 atom stereocenters. The molecule has 0 aromatic carbocycles. The third kappa shape index (κ3) is 2.67. The van der Waals surface area contributed by atoms with E-state index in [9.17, 15) is 4.79 Å². The Labute approximate surface area is 78.4 Å². The van der Waals surface area contributed by atoms with E-state index in [2.05, 4.69) is 0 Å². The molecule has 1 heterocycles. The maximum Gasteiger partial charge on any atom is 0.313 e. The average molecular weight is 187 g/mol. The molecule has 4 heteroatoms. The second kappa shape index (κ2) is 4.07. The van der Waals surface area contributed by atoms with Crippen LogP contribution >= 0.6 is 0 Å². The minimum absolute atomic E-state index is 0.0710. The Morgan fingerprint density at radius 3 is 2.85 bits per heavy atom. The van der Waals surface area contributed by atoms with Crippen LogP contribution in [0.5, 0.6) is 0 Å². The number of carbonyl (C=O) groups is 1. The van der Waals surface area contributed by atoms with Crippen molar-refractivity contribution in [2.75, 3.05) is 19.8 Å². The highest BCUT2D eigenvalue weighted by Crippen LogP contribution is 2.18. The van der Waals surface area contributed by atoms with Crippen LogP contribution in [0.25, 0.3) is 0 Å². The standard InChI is InChI=1S/C9H17NO3/c1-9(2,6-10)8(11)13-7-3-4-12-5-7/h7H,3-6,10H2,1-2H3. The fraction of sp³-hybridized carbons (Fsp3) is 0.889. The SMILES string of the molecule is CC(C)(CN)C(=O)OC1CCOC1. The van der Waals surface area contributed by atoms with E-state index in [4.69, 9.17) is 15.2 Å². The fourth-order valence-electron chi connectivity index (χ4n) is 1.00. The van der Waals surface area contributed by atoms with E-state index in [1.54, 1.807) is 13.8 Å². The van der Waals surface area contributed by atoms with E-state index >= 15 is 0 Å². The monoisotopic (exact) mass is 187 g/mol. The summed E-state index contributed by atoms with van der Waals surface area (Å²) in [6, 6.07) is 0. The molecule has 2 N–H and O–H groups in total. The van der Waals surface area contributed by atoms with E-state index in [-0.39, 0.29) is 12.1 Å². The van der Waals surface area contributed by atoms with Crippen LogP contribution in [0.1, 0.15) is 20.3 Å². The fourth-order valence-corrected chi connectivity index (χ4v) is 1.00. The van der Waals surface area contributed by atoms with Crippen molar-refractivity contribution < 1.29 is 14.3 Å². The molecule has 0 bridgehead atoms. The number of hydrogen-bond donors (Lipinski definition) is 1. The van der Waals surface area contributed by atoms with Crippen LogP contribution in [0.3, 0.4) is 0 Å². The van der Waals surface area contributed by atoms with Crippen molar-refractivity contribution in [1.29, 1.82) is 0 Å². The molecule has 1 aliphatic rings. The highest BCUT2D eigenvalue weighted by Gasteiger charge is 2.31. The largest absolute Gasteiger partial charge is 0.459 e. The van der Waals surface area contributed by atoms with E-state index in [1.165, 1.54) is 0 Å². The second-order valence-corrected chi connectivity index (χ2v) is 3.98. The summed E-state index contributed by atoms with van der Waals surface area (Å²) in [4.78, 5) is 11.5. The summed E-state index contributed by atoms with van der Waals surface area (Å²) in [7, 11) is 0. The number of nitrogens with two attached hydrogens (primary N) is 1. The third-order valence-corrected chi connectivity index (χ3v) is 2.22. The topological polar surface area (TPSA) is 61.6 Å². The number of hydrogen-bond acceptors (Lipinski definition) is 4. The van der Waals surface area contributed by atoms with E-state index in [1.807, 2.05) is 0 Å². The van der Waals surface area contributed by atoms with Crippen LogP contribution in [-0.2, 0) is 14.3 Å². The maximum atomic E-state index is 11.5. The Bertz CT molecular complexity index is 185. The van der Waals surface area contributed by atoms with Gasteiger partial charge in [-0.1, -0.05) is 0 Å². The van der Waals surface area contributed by atoms with Crippen molar-refractivity contribution in [3.05, 3.63) is 0 Å². The predicted molar refractivity (Wildman–Crippen MR) is 48.2 cm³/mol. The highest BCUT2D eigenvalue weighted by atomic mass is 16.6. The van der Waals surface area contributed by atoms with Crippen molar-refractivity contribution in [1.82, 2.24) is 0 Å². The first-order chi connectivity index (χ1) is 6.06. The Morgan fingerprint density at radius 2 is 2.38 bits per heavy atom. The first kappa shape index (κ1) is 10.5. The Kier molecular flexibility index (Phi) is 3.27. The number of ether oxygens (including phenoxy) is 2. The molecule has 0 saturated carbocycles. The number of rotatable bonds is 3. The molecule has 1 aliphatic heterocycles. The lowest BCUT2D eigenvalue weighted by molar-refractivity contribution is -0.158. The zero-order valence-electron chi connectivity index (χ0n) is 8.21. The van der Waals surface area contributed by atoms with Crippen molar-refractivity contribution in [2.24, 2.45) is 11.1 Å². The molecule has 1 saturated heterocycles. The summed E-state index contributed by atoms with van der Waals surface area (Å²) in [5.41, 5.74) is 4.87.